The van der Waals surface area contributed by atoms with E-state index in [0.717, 1.165) is 6.42 Å². The fourth-order valence-corrected chi connectivity index (χ4v) is 3.46. The summed E-state index contributed by atoms with van der Waals surface area (Å²) in [5.41, 5.74) is 0.235. The number of carbonyl (C=O) groups is 1. The highest BCUT2D eigenvalue weighted by Gasteiger charge is 2.47. The van der Waals surface area contributed by atoms with Gasteiger partial charge in [-0.15, -0.1) is 0 Å². The third kappa shape index (κ3) is 2.83. The first-order valence-corrected chi connectivity index (χ1v) is 8.68. The lowest BCUT2D eigenvalue weighted by Gasteiger charge is -2.07. The fourth-order valence-electron chi connectivity index (χ4n) is 2.08. The van der Waals surface area contributed by atoms with Gasteiger partial charge in [-0.2, -0.15) is 5.10 Å². The number of nitrogens with one attached hydrogen (secondary N) is 2. The Morgan fingerprint density at radius 1 is 1.50 bits per heavy atom. The molecule has 1 atom stereocenters. The SMILES string of the molecule is CC(C)c1[nH]nc(C(=O)NC2CC2(C)C)c1S(=O)(=O)Cl. The van der Waals surface area contributed by atoms with Gasteiger partial charge in [-0.05, 0) is 17.8 Å². The zero-order chi connectivity index (χ0) is 15.3. The molecule has 0 aromatic carbocycles. The highest BCUT2D eigenvalue weighted by atomic mass is 35.7. The molecule has 1 saturated carbocycles. The van der Waals surface area contributed by atoms with Crippen LogP contribution in [0, 0.1) is 5.41 Å². The zero-order valence-electron chi connectivity index (χ0n) is 11.8. The molecule has 0 bridgehead atoms. The van der Waals surface area contributed by atoms with Crippen LogP contribution in [-0.2, 0) is 9.05 Å². The van der Waals surface area contributed by atoms with Gasteiger partial charge in [-0.25, -0.2) is 8.42 Å². The van der Waals surface area contributed by atoms with Crippen LogP contribution >= 0.6 is 10.7 Å². The number of carbonyl (C=O) groups excluding carboxylic acids is 1. The van der Waals surface area contributed by atoms with Crippen LogP contribution in [0.3, 0.4) is 0 Å². The quantitative estimate of drug-likeness (QED) is 0.830. The Kier molecular flexibility index (Phi) is 3.62. The molecule has 1 aliphatic rings. The molecular formula is C12H18ClN3O3S. The number of aromatic amines is 1. The lowest BCUT2D eigenvalue weighted by Crippen LogP contribution is -2.29. The molecule has 1 aromatic rings. The molecule has 1 aliphatic carbocycles. The minimum Gasteiger partial charge on any atom is -0.347 e. The van der Waals surface area contributed by atoms with E-state index in [1.807, 2.05) is 13.8 Å². The van der Waals surface area contributed by atoms with Crippen molar-refractivity contribution < 1.29 is 13.2 Å². The van der Waals surface area contributed by atoms with Crippen LogP contribution in [0.25, 0.3) is 0 Å². The van der Waals surface area contributed by atoms with Crippen LogP contribution < -0.4 is 5.32 Å². The number of hydrogen-bond donors (Lipinski definition) is 2. The summed E-state index contributed by atoms with van der Waals surface area (Å²) in [6.45, 7) is 7.65. The number of nitrogens with zero attached hydrogens (tertiary/aromatic N) is 1. The van der Waals surface area contributed by atoms with Crippen molar-refractivity contribution in [2.75, 3.05) is 0 Å². The first kappa shape index (κ1) is 15.3. The van der Waals surface area contributed by atoms with E-state index >= 15 is 0 Å². The van der Waals surface area contributed by atoms with Gasteiger partial charge < -0.3 is 5.32 Å². The third-order valence-electron chi connectivity index (χ3n) is 3.60. The van der Waals surface area contributed by atoms with Gasteiger partial charge in [0.2, 0.25) is 0 Å². The maximum atomic E-state index is 12.2. The lowest BCUT2D eigenvalue weighted by molar-refractivity contribution is 0.0938. The molecule has 6 nitrogen and oxygen atoms in total. The van der Waals surface area contributed by atoms with Crippen molar-refractivity contribution in [2.45, 2.75) is 51.0 Å². The molecule has 8 heteroatoms. The van der Waals surface area contributed by atoms with E-state index in [1.54, 1.807) is 13.8 Å². The highest BCUT2D eigenvalue weighted by Crippen LogP contribution is 2.44. The van der Waals surface area contributed by atoms with Crippen LogP contribution in [0.5, 0.6) is 0 Å². The summed E-state index contributed by atoms with van der Waals surface area (Å²) in [5.74, 6) is -0.645. The van der Waals surface area contributed by atoms with Crippen molar-refractivity contribution in [3.05, 3.63) is 11.4 Å². The Labute approximate surface area is 122 Å². The molecule has 0 saturated heterocycles. The van der Waals surface area contributed by atoms with Crippen molar-refractivity contribution in [2.24, 2.45) is 5.41 Å². The molecule has 112 valence electrons. The van der Waals surface area contributed by atoms with E-state index in [-0.39, 0.29) is 28.0 Å². The fraction of sp³-hybridized carbons (Fsp3) is 0.667. The molecule has 2 N–H and O–H groups in total. The van der Waals surface area contributed by atoms with Gasteiger partial charge in [0.25, 0.3) is 15.0 Å². The predicted molar refractivity (Wildman–Crippen MR) is 75.4 cm³/mol. The summed E-state index contributed by atoms with van der Waals surface area (Å²) in [4.78, 5) is 12.0. The highest BCUT2D eigenvalue weighted by molar-refractivity contribution is 8.13. The average Bonchev–Trinajstić information content (AvgIpc) is 2.76. The second-order valence-electron chi connectivity index (χ2n) is 6.13. The monoisotopic (exact) mass is 319 g/mol. The predicted octanol–water partition coefficient (Wildman–Crippen LogP) is 1.99. The van der Waals surface area contributed by atoms with E-state index in [4.69, 9.17) is 10.7 Å². The summed E-state index contributed by atoms with van der Waals surface area (Å²) in [6.07, 6.45) is 0.864. The number of aromatic nitrogens is 2. The van der Waals surface area contributed by atoms with Crippen molar-refractivity contribution in [3.63, 3.8) is 0 Å². The van der Waals surface area contributed by atoms with E-state index in [0.29, 0.717) is 5.69 Å². The molecule has 1 aromatic heterocycles. The van der Waals surface area contributed by atoms with Crippen molar-refractivity contribution >= 4 is 25.6 Å². The maximum absolute atomic E-state index is 12.2. The van der Waals surface area contributed by atoms with Gasteiger partial charge in [0.15, 0.2) is 5.69 Å². The van der Waals surface area contributed by atoms with Crippen LogP contribution in [0.4, 0.5) is 0 Å². The Bertz CT molecular complexity index is 649. The van der Waals surface area contributed by atoms with Gasteiger partial charge in [0.1, 0.15) is 4.90 Å². The molecular weight excluding hydrogens is 302 g/mol. The van der Waals surface area contributed by atoms with Crippen molar-refractivity contribution in [1.82, 2.24) is 15.5 Å². The zero-order valence-corrected chi connectivity index (χ0v) is 13.4. The molecule has 0 spiro atoms. The largest absolute Gasteiger partial charge is 0.347 e. The normalized spacial score (nSPS) is 21.0. The number of rotatable bonds is 4. The number of amides is 1. The van der Waals surface area contributed by atoms with E-state index in [2.05, 4.69) is 15.5 Å². The second kappa shape index (κ2) is 4.73. The summed E-state index contributed by atoms with van der Waals surface area (Å²) >= 11 is 0. The van der Waals surface area contributed by atoms with Crippen LogP contribution in [-0.4, -0.2) is 30.6 Å². The van der Waals surface area contributed by atoms with Gasteiger partial charge in [-0.3, -0.25) is 9.89 Å². The Balaban J connectivity index is 2.35. The second-order valence-corrected chi connectivity index (χ2v) is 8.63. The molecule has 2 rings (SSSR count). The Morgan fingerprint density at radius 3 is 2.45 bits per heavy atom. The van der Waals surface area contributed by atoms with Gasteiger partial charge in [0, 0.05) is 16.7 Å². The summed E-state index contributed by atoms with van der Waals surface area (Å²) in [7, 11) is 1.40. The molecule has 0 aliphatic heterocycles. The molecule has 20 heavy (non-hydrogen) atoms. The third-order valence-corrected chi connectivity index (χ3v) is 4.97. The average molecular weight is 320 g/mol. The Morgan fingerprint density at radius 2 is 2.05 bits per heavy atom. The molecule has 1 unspecified atom stereocenters. The molecule has 1 heterocycles. The van der Waals surface area contributed by atoms with Crippen molar-refractivity contribution in [3.8, 4) is 0 Å². The first-order chi connectivity index (χ1) is 9.04. The maximum Gasteiger partial charge on any atom is 0.273 e. The number of H-pyrrole nitrogens is 1. The number of halogens is 1. The molecule has 1 amide bonds. The van der Waals surface area contributed by atoms with E-state index < -0.39 is 15.0 Å². The van der Waals surface area contributed by atoms with E-state index in [1.165, 1.54) is 0 Å². The van der Waals surface area contributed by atoms with Gasteiger partial charge in [-0.1, -0.05) is 27.7 Å². The van der Waals surface area contributed by atoms with Gasteiger partial charge >= 0.3 is 0 Å². The summed E-state index contributed by atoms with van der Waals surface area (Å²) < 4.78 is 23.4. The van der Waals surface area contributed by atoms with Crippen LogP contribution in [0.15, 0.2) is 4.90 Å². The van der Waals surface area contributed by atoms with Gasteiger partial charge in [0.05, 0.1) is 5.69 Å². The van der Waals surface area contributed by atoms with Crippen LogP contribution in [0.2, 0.25) is 0 Å². The van der Waals surface area contributed by atoms with Crippen LogP contribution in [0.1, 0.15) is 56.2 Å². The Hall–Kier alpha value is -1.08. The standard InChI is InChI=1S/C12H18ClN3O3S/c1-6(2)8-10(20(13,18)19)9(16-15-8)11(17)14-7-5-12(7,3)4/h6-7H,5H2,1-4H3,(H,14,17)(H,15,16). The number of hydrogen-bond acceptors (Lipinski definition) is 4. The topological polar surface area (TPSA) is 91.9 Å². The summed E-state index contributed by atoms with van der Waals surface area (Å²) in [5, 5.41) is 9.21. The minimum absolute atomic E-state index is 0.0417. The molecule has 1 fully saturated rings. The minimum atomic E-state index is -4.04. The smallest absolute Gasteiger partial charge is 0.273 e. The lowest BCUT2D eigenvalue weighted by atomic mass is 10.1. The molecule has 0 radical (unpaired) electrons. The summed E-state index contributed by atoms with van der Waals surface area (Å²) in [6, 6.07) is 0.0417. The first-order valence-electron chi connectivity index (χ1n) is 6.38. The van der Waals surface area contributed by atoms with E-state index in [9.17, 15) is 13.2 Å². The van der Waals surface area contributed by atoms with Crippen molar-refractivity contribution in [1.29, 1.82) is 0 Å².